The van der Waals surface area contributed by atoms with Crippen molar-refractivity contribution in [2.75, 3.05) is 13.7 Å². The van der Waals surface area contributed by atoms with Crippen LogP contribution in [0.1, 0.15) is 12.0 Å². The number of alkyl halides is 3. The molecule has 0 aliphatic rings. The number of fused-ring (bicyclic) bond motifs is 1. The summed E-state index contributed by atoms with van der Waals surface area (Å²) in [6.45, 7) is -0.0922. The van der Waals surface area contributed by atoms with Gasteiger partial charge in [-0.2, -0.15) is 13.2 Å². The summed E-state index contributed by atoms with van der Waals surface area (Å²) < 4.78 is 44.9. The van der Waals surface area contributed by atoms with Gasteiger partial charge in [-0.1, -0.05) is 42.5 Å². The lowest BCUT2D eigenvalue weighted by molar-refractivity contribution is -0.202. The van der Waals surface area contributed by atoms with Gasteiger partial charge in [0.1, 0.15) is 6.04 Å². The van der Waals surface area contributed by atoms with Crippen LogP contribution in [-0.4, -0.2) is 55.7 Å². The first-order valence-electron chi connectivity index (χ1n) is 9.64. The predicted octanol–water partition coefficient (Wildman–Crippen LogP) is 0.937. The van der Waals surface area contributed by atoms with E-state index in [4.69, 9.17) is 10.5 Å². The molecule has 0 spiro atoms. The number of rotatable bonds is 9. The van der Waals surface area contributed by atoms with Gasteiger partial charge in [-0.05, 0) is 16.3 Å². The number of nitrogens with two attached hydrogens (primary N) is 1. The van der Waals surface area contributed by atoms with Gasteiger partial charge in [0.25, 0.3) is 0 Å². The van der Waals surface area contributed by atoms with Crippen LogP contribution in [0.2, 0.25) is 0 Å². The van der Waals surface area contributed by atoms with Crippen LogP contribution in [-0.2, 0) is 35.2 Å². The summed E-state index contributed by atoms with van der Waals surface area (Å²) in [7, 11) is 1.29. The number of amides is 2. The lowest BCUT2D eigenvalue weighted by atomic mass is 10.0. The monoisotopic (exact) mass is 469 g/mol. The van der Waals surface area contributed by atoms with Crippen molar-refractivity contribution in [3.05, 3.63) is 48.0 Å². The number of esters is 2. The fourth-order valence-corrected chi connectivity index (χ4v) is 2.86. The van der Waals surface area contributed by atoms with E-state index in [2.05, 4.69) is 15.4 Å². The summed E-state index contributed by atoms with van der Waals surface area (Å²) in [6, 6.07) is 10.3. The molecule has 0 radical (unpaired) electrons. The quantitative estimate of drug-likeness (QED) is 0.367. The molecule has 2 atom stereocenters. The maximum absolute atomic E-state index is 12.6. The van der Waals surface area contributed by atoms with Gasteiger partial charge in [-0.15, -0.1) is 0 Å². The number of hydrogen-bond donors (Lipinski definition) is 3. The molecule has 2 aromatic carbocycles. The summed E-state index contributed by atoms with van der Waals surface area (Å²) in [5.41, 5.74) is 6.33. The Labute approximate surface area is 186 Å². The maximum Gasteiger partial charge on any atom is 0.491 e. The number of carbonyl (C=O) groups is 4. The Hall–Kier alpha value is -3.51. The number of nitrogens with one attached hydrogen (secondary N) is 2. The van der Waals surface area contributed by atoms with Gasteiger partial charge in [0.2, 0.25) is 11.8 Å². The van der Waals surface area contributed by atoms with Gasteiger partial charge in [0, 0.05) is 13.7 Å². The minimum atomic E-state index is -5.37. The van der Waals surface area contributed by atoms with Crippen molar-refractivity contribution in [2.45, 2.75) is 31.2 Å². The minimum absolute atomic E-state index is 0.147. The Bertz CT molecular complexity index is 1020. The number of hydrogen-bond acceptors (Lipinski definition) is 7. The Balaban J connectivity index is 1.95. The molecule has 0 aliphatic carbocycles. The SMILES string of the molecule is COC[C@H](NC(=O)[C@@H](N)CC(=O)OC(=O)C(F)(F)F)C(=O)NCc1cccc2ccccc12. The largest absolute Gasteiger partial charge is 0.491 e. The standard InChI is InChI=1S/C21H22F3N3O6/c1-32-11-16(27-18(29)15(25)9-17(28)33-20(31)21(22,23)24)19(30)26-10-13-7-4-6-12-5-2-3-8-14(12)13/h2-8,15-16H,9-11,25H2,1H3,(H,26,30)(H,27,29)/t15-,16-/m0/s1. The van der Waals surface area contributed by atoms with Crippen LogP contribution < -0.4 is 16.4 Å². The topological polar surface area (TPSA) is 137 Å². The molecule has 0 saturated heterocycles. The molecule has 4 N–H and O–H groups in total. The first-order chi connectivity index (χ1) is 15.5. The van der Waals surface area contributed by atoms with E-state index in [1.807, 2.05) is 42.5 Å². The van der Waals surface area contributed by atoms with E-state index < -0.39 is 48.4 Å². The Morgan fingerprint density at radius 2 is 1.70 bits per heavy atom. The molecule has 9 nitrogen and oxygen atoms in total. The average Bonchev–Trinajstić information content (AvgIpc) is 2.76. The van der Waals surface area contributed by atoms with Crippen molar-refractivity contribution in [2.24, 2.45) is 5.73 Å². The van der Waals surface area contributed by atoms with Crippen molar-refractivity contribution < 1.29 is 41.8 Å². The van der Waals surface area contributed by atoms with Crippen molar-refractivity contribution in [1.82, 2.24) is 10.6 Å². The van der Waals surface area contributed by atoms with Crippen LogP contribution in [0.25, 0.3) is 10.8 Å². The van der Waals surface area contributed by atoms with Crippen molar-refractivity contribution in [1.29, 1.82) is 0 Å². The zero-order valence-electron chi connectivity index (χ0n) is 17.5. The van der Waals surface area contributed by atoms with E-state index in [9.17, 15) is 32.3 Å². The van der Waals surface area contributed by atoms with Crippen molar-refractivity contribution >= 4 is 34.5 Å². The number of carbonyl (C=O) groups excluding carboxylic acids is 4. The second kappa shape index (κ2) is 11.4. The van der Waals surface area contributed by atoms with E-state index in [0.717, 1.165) is 16.3 Å². The molecule has 2 rings (SSSR count). The molecule has 178 valence electrons. The van der Waals surface area contributed by atoms with Crippen LogP contribution in [0.5, 0.6) is 0 Å². The van der Waals surface area contributed by atoms with Gasteiger partial charge in [0.15, 0.2) is 0 Å². The zero-order chi connectivity index (χ0) is 24.6. The predicted molar refractivity (Wildman–Crippen MR) is 109 cm³/mol. The average molecular weight is 469 g/mol. The third-order valence-corrected chi connectivity index (χ3v) is 4.46. The molecule has 2 aromatic rings. The van der Waals surface area contributed by atoms with Gasteiger partial charge < -0.3 is 25.8 Å². The maximum atomic E-state index is 12.6. The third kappa shape index (κ3) is 7.54. The molecule has 0 bridgehead atoms. The normalized spacial score (nSPS) is 13.1. The molecular formula is C21H22F3N3O6. The lowest BCUT2D eigenvalue weighted by Gasteiger charge is -2.20. The third-order valence-electron chi connectivity index (χ3n) is 4.46. The highest BCUT2D eigenvalue weighted by Crippen LogP contribution is 2.18. The molecule has 0 unspecified atom stereocenters. The molecule has 0 fully saturated rings. The summed E-state index contributed by atoms with van der Waals surface area (Å²) in [4.78, 5) is 46.9. The highest BCUT2D eigenvalue weighted by atomic mass is 19.4. The van der Waals surface area contributed by atoms with E-state index >= 15 is 0 Å². The first kappa shape index (κ1) is 25.7. The van der Waals surface area contributed by atoms with Gasteiger partial charge in [-0.25, -0.2) is 4.79 Å². The van der Waals surface area contributed by atoms with Crippen LogP contribution in [0.4, 0.5) is 13.2 Å². The molecular weight excluding hydrogens is 447 g/mol. The van der Waals surface area contributed by atoms with Crippen molar-refractivity contribution in [3.63, 3.8) is 0 Å². The molecule has 33 heavy (non-hydrogen) atoms. The zero-order valence-corrected chi connectivity index (χ0v) is 17.5. The number of benzene rings is 2. The van der Waals surface area contributed by atoms with E-state index in [-0.39, 0.29) is 13.2 Å². The highest BCUT2D eigenvalue weighted by molar-refractivity contribution is 5.94. The van der Waals surface area contributed by atoms with Gasteiger partial charge >= 0.3 is 18.1 Å². The second-order valence-corrected chi connectivity index (χ2v) is 6.94. The summed E-state index contributed by atoms with van der Waals surface area (Å²) in [5.74, 6) is -5.98. The van der Waals surface area contributed by atoms with Crippen LogP contribution in [0.15, 0.2) is 42.5 Å². The van der Waals surface area contributed by atoms with Crippen LogP contribution in [0, 0.1) is 0 Å². The smallest absolute Gasteiger partial charge is 0.386 e. The van der Waals surface area contributed by atoms with Crippen LogP contribution >= 0.6 is 0 Å². The second-order valence-electron chi connectivity index (χ2n) is 6.94. The molecule has 12 heteroatoms. The Kier molecular flexibility index (Phi) is 8.88. The Morgan fingerprint density at radius 1 is 1.03 bits per heavy atom. The van der Waals surface area contributed by atoms with Gasteiger partial charge in [-0.3, -0.25) is 14.4 Å². The minimum Gasteiger partial charge on any atom is -0.386 e. The fraction of sp³-hybridized carbons (Fsp3) is 0.333. The number of ether oxygens (including phenoxy) is 2. The number of halogens is 3. The molecule has 0 saturated carbocycles. The molecule has 0 aromatic heterocycles. The van der Waals surface area contributed by atoms with Crippen LogP contribution in [0.3, 0.4) is 0 Å². The fourth-order valence-electron chi connectivity index (χ4n) is 2.86. The first-order valence-corrected chi connectivity index (χ1v) is 9.64. The molecule has 2 amide bonds. The summed E-state index contributed by atoms with van der Waals surface area (Å²) >= 11 is 0. The molecule has 0 heterocycles. The highest BCUT2D eigenvalue weighted by Gasteiger charge is 2.42. The number of methoxy groups -OCH3 is 1. The summed E-state index contributed by atoms with van der Waals surface area (Å²) in [6.07, 6.45) is -6.38. The summed E-state index contributed by atoms with van der Waals surface area (Å²) in [5, 5.41) is 6.84. The Morgan fingerprint density at radius 3 is 2.36 bits per heavy atom. The van der Waals surface area contributed by atoms with E-state index in [1.54, 1.807) is 0 Å². The molecule has 0 aliphatic heterocycles. The van der Waals surface area contributed by atoms with E-state index in [1.165, 1.54) is 7.11 Å². The van der Waals surface area contributed by atoms with E-state index in [0.29, 0.717) is 0 Å². The van der Waals surface area contributed by atoms with Crippen molar-refractivity contribution in [3.8, 4) is 0 Å². The van der Waals surface area contributed by atoms with Gasteiger partial charge in [0.05, 0.1) is 19.1 Å². The lowest BCUT2D eigenvalue weighted by Crippen LogP contribution is -2.53.